The number of benzene rings is 1. The van der Waals surface area contributed by atoms with Crippen LogP contribution in [0.25, 0.3) is 0 Å². The third-order valence-electron chi connectivity index (χ3n) is 2.22. The molecule has 0 saturated heterocycles. The van der Waals surface area contributed by atoms with E-state index in [1.165, 1.54) is 36.5 Å². The van der Waals surface area contributed by atoms with Crippen LogP contribution in [0.1, 0.15) is 0 Å². The molecule has 0 amide bonds. The van der Waals surface area contributed by atoms with Crippen LogP contribution in [0, 0.1) is 5.82 Å². The molecule has 2 aromatic rings. The molecular weight excluding hydrogens is 337 g/mol. The predicted molar refractivity (Wildman–Crippen MR) is 71.5 cm³/mol. The maximum atomic E-state index is 13.5. The molecule has 2 rings (SSSR count). The van der Waals surface area contributed by atoms with Gasteiger partial charge in [-0.15, -0.1) is 0 Å². The standard InChI is InChI=1S/C12H9BrFNO3S/c1-19(16,17)10-4-2-3-9(6-10)18-12-11(14)5-8(13)7-15-12/h2-7H,1H3. The molecule has 0 N–H and O–H groups in total. The van der Waals surface area contributed by atoms with Crippen molar-refractivity contribution in [3.63, 3.8) is 0 Å². The lowest BCUT2D eigenvalue weighted by Crippen LogP contribution is -1.98. The number of hydrogen-bond donors (Lipinski definition) is 0. The lowest BCUT2D eigenvalue weighted by molar-refractivity contribution is 0.421. The van der Waals surface area contributed by atoms with E-state index in [-0.39, 0.29) is 16.5 Å². The molecule has 7 heteroatoms. The van der Waals surface area contributed by atoms with E-state index in [9.17, 15) is 12.8 Å². The van der Waals surface area contributed by atoms with E-state index in [0.29, 0.717) is 4.47 Å². The minimum atomic E-state index is -3.34. The summed E-state index contributed by atoms with van der Waals surface area (Å²) < 4.78 is 42.0. The van der Waals surface area contributed by atoms with E-state index in [0.717, 1.165) is 6.26 Å². The van der Waals surface area contributed by atoms with Crippen molar-refractivity contribution in [3.05, 3.63) is 46.8 Å². The topological polar surface area (TPSA) is 56.3 Å². The van der Waals surface area contributed by atoms with E-state index in [2.05, 4.69) is 20.9 Å². The van der Waals surface area contributed by atoms with Crippen LogP contribution in [0.5, 0.6) is 11.6 Å². The first kappa shape index (κ1) is 14.0. The smallest absolute Gasteiger partial charge is 0.255 e. The monoisotopic (exact) mass is 345 g/mol. The fourth-order valence-electron chi connectivity index (χ4n) is 1.36. The zero-order valence-corrected chi connectivity index (χ0v) is 12.2. The summed E-state index contributed by atoms with van der Waals surface area (Å²) in [6, 6.07) is 7.01. The zero-order chi connectivity index (χ0) is 14.0. The molecular formula is C12H9BrFNO3S. The molecule has 0 unspecified atom stereocenters. The molecule has 0 aliphatic heterocycles. The molecule has 4 nitrogen and oxygen atoms in total. The maximum Gasteiger partial charge on any atom is 0.255 e. The number of pyridine rings is 1. The molecule has 0 spiro atoms. The zero-order valence-electron chi connectivity index (χ0n) is 9.80. The molecule has 0 saturated carbocycles. The van der Waals surface area contributed by atoms with Gasteiger partial charge in [-0.1, -0.05) is 6.07 Å². The molecule has 0 aliphatic carbocycles. The minimum Gasteiger partial charge on any atom is -0.436 e. The molecule has 1 aromatic carbocycles. The van der Waals surface area contributed by atoms with Gasteiger partial charge in [-0.2, -0.15) is 0 Å². The predicted octanol–water partition coefficient (Wildman–Crippen LogP) is 3.18. The molecule has 0 fully saturated rings. The Kier molecular flexibility index (Phi) is 3.86. The van der Waals surface area contributed by atoms with Gasteiger partial charge >= 0.3 is 0 Å². The Bertz CT molecular complexity index is 719. The largest absolute Gasteiger partial charge is 0.436 e. The summed E-state index contributed by atoms with van der Waals surface area (Å²) in [5, 5.41) is 0. The molecule has 100 valence electrons. The normalized spacial score (nSPS) is 11.3. The molecule has 1 aromatic heterocycles. The Hall–Kier alpha value is -1.47. The lowest BCUT2D eigenvalue weighted by Gasteiger charge is -2.07. The maximum absolute atomic E-state index is 13.5. The second-order valence-electron chi connectivity index (χ2n) is 3.79. The van der Waals surface area contributed by atoms with Crippen molar-refractivity contribution in [1.82, 2.24) is 4.98 Å². The summed E-state index contributed by atoms with van der Waals surface area (Å²) in [6.07, 6.45) is 2.48. The van der Waals surface area contributed by atoms with Crippen molar-refractivity contribution in [2.45, 2.75) is 4.90 Å². The van der Waals surface area contributed by atoms with Crippen LogP contribution in [0.2, 0.25) is 0 Å². The van der Waals surface area contributed by atoms with Crippen LogP contribution in [-0.2, 0) is 9.84 Å². The van der Waals surface area contributed by atoms with Crippen molar-refractivity contribution >= 4 is 25.8 Å². The Balaban J connectivity index is 2.34. The van der Waals surface area contributed by atoms with Crippen LogP contribution >= 0.6 is 15.9 Å². The highest BCUT2D eigenvalue weighted by Gasteiger charge is 2.11. The molecule has 0 bridgehead atoms. The molecule has 0 atom stereocenters. The highest BCUT2D eigenvalue weighted by atomic mass is 79.9. The molecule has 0 aliphatic rings. The van der Waals surface area contributed by atoms with E-state index in [4.69, 9.17) is 4.74 Å². The van der Waals surface area contributed by atoms with Gasteiger partial charge in [0, 0.05) is 16.9 Å². The quantitative estimate of drug-likeness (QED) is 0.857. The third-order valence-corrected chi connectivity index (χ3v) is 3.77. The number of halogens is 2. The molecule has 1 heterocycles. The van der Waals surface area contributed by atoms with Crippen LogP contribution < -0.4 is 4.74 Å². The van der Waals surface area contributed by atoms with Crippen molar-refractivity contribution in [3.8, 4) is 11.6 Å². The van der Waals surface area contributed by atoms with Gasteiger partial charge in [0.2, 0.25) is 0 Å². The average Bonchev–Trinajstić information content (AvgIpc) is 2.32. The first-order valence-electron chi connectivity index (χ1n) is 5.15. The third kappa shape index (κ3) is 3.51. The van der Waals surface area contributed by atoms with Gasteiger partial charge in [0.05, 0.1) is 4.90 Å². The lowest BCUT2D eigenvalue weighted by atomic mass is 10.3. The van der Waals surface area contributed by atoms with E-state index in [1.807, 2.05) is 0 Å². The van der Waals surface area contributed by atoms with Crippen molar-refractivity contribution < 1.29 is 17.5 Å². The van der Waals surface area contributed by atoms with Crippen molar-refractivity contribution in [2.24, 2.45) is 0 Å². The van der Waals surface area contributed by atoms with Gasteiger partial charge in [-0.25, -0.2) is 17.8 Å². The Morgan fingerprint density at radius 3 is 2.68 bits per heavy atom. The number of rotatable bonds is 3. The van der Waals surface area contributed by atoms with Gasteiger partial charge in [0.15, 0.2) is 15.7 Å². The van der Waals surface area contributed by atoms with Gasteiger partial charge in [-0.05, 0) is 40.2 Å². The van der Waals surface area contributed by atoms with Gasteiger partial charge in [0.25, 0.3) is 5.88 Å². The van der Waals surface area contributed by atoms with Crippen LogP contribution in [0.15, 0.2) is 45.9 Å². The van der Waals surface area contributed by atoms with Crippen LogP contribution in [0.3, 0.4) is 0 Å². The summed E-state index contributed by atoms with van der Waals surface area (Å²) in [7, 11) is -3.34. The summed E-state index contributed by atoms with van der Waals surface area (Å²) in [4.78, 5) is 3.87. The van der Waals surface area contributed by atoms with Crippen molar-refractivity contribution in [2.75, 3.05) is 6.26 Å². The first-order valence-corrected chi connectivity index (χ1v) is 7.84. The summed E-state index contributed by atoms with van der Waals surface area (Å²) >= 11 is 3.08. The SMILES string of the molecule is CS(=O)(=O)c1cccc(Oc2ncc(Br)cc2F)c1. The Morgan fingerprint density at radius 2 is 2.05 bits per heavy atom. The van der Waals surface area contributed by atoms with E-state index in [1.54, 1.807) is 0 Å². The average molecular weight is 346 g/mol. The number of hydrogen-bond acceptors (Lipinski definition) is 4. The second kappa shape index (κ2) is 5.26. The summed E-state index contributed by atoms with van der Waals surface area (Å²) in [5.74, 6) is -0.648. The van der Waals surface area contributed by atoms with Crippen molar-refractivity contribution in [1.29, 1.82) is 0 Å². The van der Waals surface area contributed by atoms with E-state index < -0.39 is 15.7 Å². The fraction of sp³-hybridized carbons (Fsp3) is 0.0833. The Morgan fingerprint density at radius 1 is 1.32 bits per heavy atom. The number of nitrogens with zero attached hydrogens (tertiary/aromatic N) is 1. The number of aromatic nitrogens is 1. The Labute approximate surface area is 118 Å². The van der Waals surface area contributed by atoms with Gasteiger partial charge in [0.1, 0.15) is 5.75 Å². The van der Waals surface area contributed by atoms with Crippen LogP contribution in [0.4, 0.5) is 4.39 Å². The minimum absolute atomic E-state index is 0.0996. The van der Waals surface area contributed by atoms with E-state index >= 15 is 0 Å². The number of ether oxygens (including phenoxy) is 1. The number of sulfone groups is 1. The highest BCUT2D eigenvalue weighted by Crippen LogP contribution is 2.25. The summed E-state index contributed by atoms with van der Waals surface area (Å²) in [6.45, 7) is 0. The highest BCUT2D eigenvalue weighted by molar-refractivity contribution is 9.10. The molecule has 19 heavy (non-hydrogen) atoms. The molecule has 0 radical (unpaired) electrons. The van der Waals surface area contributed by atoms with Gasteiger partial charge < -0.3 is 4.74 Å². The van der Waals surface area contributed by atoms with Gasteiger partial charge in [-0.3, -0.25) is 0 Å². The fourth-order valence-corrected chi connectivity index (χ4v) is 2.32. The second-order valence-corrected chi connectivity index (χ2v) is 6.72. The van der Waals surface area contributed by atoms with Crippen LogP contribution in [-0.4, -0.2) is 19.7 Å². The summed E-state index contributed by atoms with van der Waals surface area (Å²) in [5.41, 5.74) is 0. The first-order chi connectivity index (χ1) is 8.86.